The van der Waals surface area contributed by atoms with E-state index in [-0.39, 0.29) is 36.1 Å². The van der Waals surface area contributed by atoms with E-state index in [1.165, 1.54) is 12.8 Å². The van der Waals surface area contributed by atoms with Crippen LogP contribution < -0.4 is 5.32 Å². The van der Waals surface area contributed by atoms with Crippen molar-refractivity contribution in [2.75, 3.05) is 26.2 Å². The van der Waals surface area contributed by atoms with Gasteiger partial charge in [0.25, 0.3) is 0 Å². The molecule has 0 unspecified atom stereocenters. The molecular formula is C23H40IN7O2. The highest BCUT2D eigenvalue weighted by atomic mass is 127. The summed E-state index contributed by atoms with van der Waals surface area (Å²) >= 11 is 0. The third-order valence-electron chi connectivity index (χ3n) is 6.38. The third kappa shape index (κ3) is 6.95. The number of piperidine rings is 1. The first-order chi connectivity index (χ1) is 15.3. The highest BCUT2D eigenvalue weighted by molar-refractivity contribution is 14.0. The van der Waals surface area contributed by atoms with Gasteiger partial charge in [0.05, 0.1) is 0 Å². The zero-order valence-corrected chi connectivity index (χ0v) is 22.9. The number of aryl methyl sites for hydroxylation is 1. The lowest BCUT2D eigenvalue weighted by molar-refractivity contribution is 0.00928. The second-order valence-electron chi connectivity index (χ2n) is 10.3. The molecule has 4 rings (SSSR count). The Bertz CT molecular complexity index is 823. The SMILES string of the molecule is CCNC(=NCc1nnc2n1CCC2)N1CCC(N(CC2CC2)C(=O)OC(C)(C)C)CC1.I. The van der Waals surface area contributed by atoms with Crippen molar-refractivity contribution < 1.29 is 9.53 Å². The summed E-state index contributed by atoms with van der Waals surface area (Å²) < 4.78 is 7.94. The summed E-state index contributed by atoms with van der Waals surface area (Å²) in [4.78, 5) is 22.1. The van der Waals surface area contributed by atoms with E-state index in [9.17, 15) is 4.79 Å². The Kier molecular flexibility index (Phi) is 8.85. The maximum atomic E-state index is 12.9. The van der Waals surface area contributed by atoms with E-state index in [4.69, 9.17) is 9.73 Å². The van der Waals surface area contributed by atoms with Crippen LogP contribution in [0.3, 0.4) is 0 Å². The molecule has 0 aromatic carbocycles. The van der Waals surface area contributed by atoms with Gasteiger partial charge in [-0.2, -0.15) is 0 Å². The topological polar surface area (TPSA) is 87.9 Å². The number of nitrogens with zero attached hydrogens (tertiary/aromatic N) is 6. The molecule has 3 aliphatic rings. The molecule has 1 aromatic rings. The number of fused-ring (bicyclic) bond motifs is 1. The third-order valence-corrected chi connectivity index (χ3v) is 6.38. The van der Waals surface area contributed by atoms with Gasteiger partial charge < -0.3 is 24.4 Å². The number of carbonyl (C=O) groups excluding carboxylic acids is 1. The average molecular weight is 574 g/mol. The van der Waals surface area contributed by atoms with Crippen LogP contribution in [-0.4, -0.2) is 74.4 Å². The molecule has 1 N–H and O–H groups in total. The van der Waals surface area contributed by atoms with Crippen LogP contribution in [0.25, 0.3) is 0 Å². The molecule has 9 nitrogen and oxygen atoms in total. The molecule has 33 heavy (non-hydrogen) atoms. The predicted molar refractivity (Wildman–Crippen MR) is 139 cm³/mol. The molecule has 1 saturated heterocycles. The Morgan fingerprint density at radius 2 is 1.91 bits per heavy atom. The van der Waals surface area contributed by atoms with Crippen LogP contribution in [-0.2, 0) is 24.2 Å². The zero-order chi connectivity index (χ0) is 22.7. The van der Waals surface area contributed by atoms with E-state index in [1.54, 1.807) is 0 Å². The first-order valence-electron chi connectivity index (χ1n) is 12.3. The number of halogens is 1. The fourth-order valence-corrected chi connectivity index (χ4v) is 4.56. The largest absolute Gasteiger partial charge is 0.444 e. The lowest BCUT2D eigenvalue weighted by Gasteiger charge is -2.40. The van der Waals surface area contributed by atoms with Gasteiger partial charge in [0, 0.05) is 45.2 Å². The molecule has 0 spiro atoms. The van der Waals surface area contributed by atoms with Crippen LogP contribution in [0, 0.1) is 5.92 Å². The van der Waals surface area contributed by atoms with Crippen LogP contribution in [0.1, 0.15) is 71.4 Å². The summed E-state index contributed by atoms with van der Waals surface area (Å²) in [6.45, 7) is 12.8. The van der Waals surface area contributed by atoms with Gasteiger partial charge in [-0.3, -0.25) is 0 Å². The van der Waals surface area contributed by atoms with Gasteiger partial charge >= 0.3 is 6.09 Å². The van der Waals surface area contributed by atoms with Gasteiger partial charge in [0.1, 0.15) is 18.0 Å². The van der Waals surface area contributed by atoms with Gasteiger partial charge in [-0.1, -0.05) is 0 Å². The highest BCUT2D eigenvalue weighted by Crippen LogP contribution is 2.32. The van der Waals surface area contributed by atoms with Crippen LogP contribution in [0.2, 0.25) is 0 Å². The number of rotatable bonds is 6. The van der Waals surface area contributed by atoms with Crippen LogP contribution in [0.5, 0.6) is 0 Å². The molecule has 2 aliphatic heterocycles. The number of guanidine groups is 1. The lowest BCUT2D eigenvalue weighted by atomic mass is 10.0. The molecule has 2 fully saturated rings. The van der Waals surface area contributed by atoms with Gasteiger partial charge in [-0.05, 0) is 65.7 Å². The molecule has 1 aromatic heterocycles. The summed E-state index contributed by atoms with van der Waals surface area (Å²) in [5.74, 6) is 3.60. The Hall–Kier alpha value is -1.59. The zero-order valence-electron chi connectivity index (χ0n) is 20.5. The van der Waals surface area contributed by atoms with Gasteiger partial charge in [0.15, 0.2) is 11.8 Å². The Morgan fingerprint density at radius 1 is 1.18 bits per heavy atom. The molecule has 0 atom stereocenters. The minimum atomic E-state index is -0.466. The molecule has 0 radical (unpaired) electrons. The van der Waals surface area contributed by atoms with E-state index < -0.39 is 5.60 Å². The number of hydrogen-bond acceptors (Lipinski definition) is 5. The lowest BCUT2D eigenvalue weighted by Crippen LogP contribution is -2.52. The molecule has 3 heterocycles. The minimum absolute atomic E-state index is 0. The second kappa shape index (κ2) is 11.2. The Labute approximate surface area is 214 Å². The first kappa shape index (κ1) is 26.0. The predicted octanol–water partition coefficient (Wildman–Crippen LogP) is 3.42. The van der Waals surface area contributed by atoms with E-state index >= 15 is 0 Å². The number of amides is 1. The standard InChI is InChI=1S/C23H39N7O2.HI/c1-5-24-21(25-15-20-27-26-19-7-6-12-29(19)20)28-13-10-18(11-14-28)30(16-17-8-9-17)22(31)32-23(2,3)4;/h17-18H,5-16H2,1-4H3,(H,24,25);1H. The molecular weight excluding hydrogens is 533 g/mol. The normalized spacial score (nSPS) is 19.2. The number of carbonyl (C=O) groups is 1. The van der Waals surface area contributed by atoms with Crippen molar-refractivity contribution >= 4 is 36.0 Å². The maximum absolute atomic E-state index is 12.9. The second-order valence-corrected chi connectivity index (χ2v) is 10.3. The summed E-state index contributed by atoms with van der Waals surface area (Å²) in [6, 6.07) is 0.226. The van der Waals surface area contributed by atoms with Crippen molar-refractivity contribution in [3.05, 3.63) is 11.6 Å². The summed E-state index contributed by atoms with van der Waals surface area (Å²) in [5, 5.41) is 12.1. The van der Waals surface area contributed by atoms with Gasteiger partial charge in [-0.15, -0.1) is 34.2 Å². The van der Waals surface area contributed by atoms with Crippen molar-refractivity contribution in [2.45, 2.75) is 91.0 Å². The quantitative estimate of drug-likeness (QED) is 0.319. The summed E-state index contributed by atoms with van der Waals surface area (Å²) in [6.07, 6.45) is 6.30. The van der Waals surface area contributed by atoms with Gasteiger partial charge in [0.2, 0.25) is 0 Å². The summed E-state index contributed by atoms with van der Waals surface area (Å²) in [7, 11) is 0. The number of ether oxygens (including phenoxy) is 1. The minimum Gasteiger partial charge on any atom is -0.444 e. The fourth-order valence-electron chi connectivity index (χ4n) is 4.56. The Balaban J connectivity index is 0.00000306. The number of likely N-dealkylation sites (tertiary alicyclic amines) is 1. The maximum Gasteiger partial charge on any atom is 0.410 e. The fraction of sp³-hybridized carbons (Fsp3) is 0.826. The highest BCUT2D eigenvalue weighted by Gasteiger charge is 2.35. The van der Waals surface area contributed by atoms with Crippen molar-refractivity contribution in [1.82, 2.24) is 29.9 Å². The van der Waals surface area contributed by atoms with Crippen LogP contribution >= 0.6 is 24.0 Å². The first-order valence-corrected chi connectivity index (χ1v) is 12.3. The van der Waals surface area contributed by atoms with Crippen molar-refractivity contribution in [3.63, 3.8) is 0 Å². The number of aromatic nitrogens is 3. The van der Waals surface area contributed by atoms with Crippen molar-refractivity contribution in [2.24, 2.45) is 10.9 Å². The van der Waals surface area contributed by atoms with Crippen molar-refractivity contribution in [1.29, 1.82) is 0 Å². The number of aliphatic imine (C=N–C) groups is 1. The molecule has 1 aliphatic carbocycles. The average Bonchev–Trinajstić information content (AvgIpc) is 3.30. The summed E-state index contributed by atoms with van der Waals surface area (Å²) in [5.41, 5.74) is -0.466. The van der Waals surface area contributed by atoms with Crippen LogP contribution in [0.4, 0.5) is 4.79 Å². The molecule has 1 saturated carbocycles. The van der Waals surface area contributed by atoms with Gasteiger partial charge in [-0.25, -0.2) is 9.79 Å². The van der Waals surface area contributed by atoms with E-state index in [1.807, 2.05) is 25.7 Å². The Morgan fingerprint density at radius 3 is 2.55 bits per heavy atom. The number of nitrogens with one attached hydrogen (secondary N) is 1. The number of hydrogen-bond donors (Lipinski definition) is 1. The van der Waals surface area contributed by atoms with E-state index in [2.05, 4.69) is 31.9 Å². The molecule has 0 bridgehead atoms. The van der Waals surface area contributed by atoms with Crippen molar-refractivity contribution in [3.8, 4) is 0 Å². The van der Waals surface area contributed by atoms with E-state index in [0.717, 1.165) is 76.0 Å². The monoisotopic (exact) mass is 573 g/mol. The molecule has 10 heteroatoms. The smallest absolute Gasteiger partial charge is 0.410 e. The molecule has 1 amide bonds. The molecule has 186 valence electrons. The van der Waals surface area contributed by atoms with Crippen LogP contribution in [0.15, 0.2) is 4.99 Å². The van der Waals surface area contributed by atoms with E-state index in [0.29, 0.717) is 12.5 Å².